The summed E-state index contributed by atoms with van der Waals surface area (Å²) >= 11 is 1.27. The third-order valence-electron chi connectivity index (χ3n) is 2.87. The number of rotatable bonds is 8. The van der Waals surface area contributed by atoms with E-state index in [4.69, 9.17) is 14.6 Å². The molecule has 2 aromatic rings. The molecule has 1 heterocycles. The smallest absolute Gasteiger partial charge is 0.346 e. The van der Waals surface area contributed by atoms with Gasteiger partial charge >= 0.3 is 5.97 Å². The first-order chi connectivity index (χ1) is 11.5. The number of methoxy groups -OCH3 is 1. The lowest BCUT2D eigenvalue weighted by Crippen LogP contribution is -2.40. The number of nitrogens with one attached hydrogen (secondary N) is 1. The summed E-state index contributed by atoms with van der Waals surface area (Å²) in [6.45, 7) is 0.0338. The summed E-state index contributed by atoms with van der Waals surface area (Å²) < 4.78 is 23.0. The number of carboxylic acid groups (broad SMARTS) is 1. The summed E-state index contributed by atoms with van der Waals surface area (Å²) in [7, 11) is 1.52. The molecule has 1 atom stereocenters. The summed E-state index contributed by atoms with van der Waals surface area (Å²) in [4.78, 5) is 27.3. The van der Waals surface area contributed by atoms with Gasteiger partial charge in [0.05, 0.1) is 13.2 Å². The third-order valence-corrected chi connectivity index (χ3v) is 3.69. The van der Waals surface area contributed by atoms with Gasteiger partial charge in [-0.2, -0.15) is 0 Å². The van der Waals surface area contributed by atoms with Crippen LogP contribution in [0.15, 0.2) is 29.6 Å². The fourth-order valence-corrected chi connectivity index (χ4v) is 2.48. The third kappa shape index (κ3) is 5.00. The number of nitrogens with zero attached hydrogens (tertiary/aromatic N) is 1. The first-order valence-corrected chi connectivity index (χ1v) is 7.74. The molecule has 0 aliphatic rings. The van der Waals surface area contributed by atoms with Crippen molar-refractivity contribution in [2.24, 2.45) is 0 Å². The lowest BCUT2D eigenvalue weighted by Gasteiger charge is -2.15. The van der Waals surface area contributed by atoms with E-state index >= 15 is 0 Å². The van der Waals surface area contributed by atoms with Crippen LogP contribution in [-0.2, 0) is 16.1 Å². The minimum absolute atomic E-state index is 0.179. The van der Waals surface area contributed by atoms with Crippen molar-refractivity contribution >= 4 is 23.2 Å². The maximum Gasteiger partial charge on any atom is 0.346 e. The quantitative estimate of drug-likeness (QED) is 0.749. The summed E-state index contributed by atoms with van der Waals surface area (Å²) in [5.74, 6) is -2.03. The standard InChI is InChI=1S/C15H15FN2O5S/c1-22-7-13-18-11(8-24-13)14(19)17-6-12(15(20)21)23-10-4-2-9(16)3-5-10/h2-5,8,12H,6-7H2,1H3,(H,17,19)(H,20,21). The molecule has 0 saturated carbocycles. The van der Waals surface area contributed by atoms with E-state index in [0.717, 1.165) is 12.1 Å². The predicted octanol–water partition coefficient (Wildman–Crippen LogP) is 1.69. The lowest BCUT2D eigenvalue weighted by molar-refractivity contribution is -0.144. The fourth-order valence-electron chi connectivity index (χ4n) is 1.74. The molecule has 1 aromatic heterocycles. The Morgan fingerprint density at radius 2 is 2.08 bits per heavy atom. The maximum atomic E-state index is 12.8. The van der Waals surface area contributed by atoms with E-state index in [-0.39, 0.29) is 18.0 Å². The van der Waals surface area contributed by atoms with Crippen LogP contribution in [0.2, 0.25) is 0 Å². The van der Waals surface area contributed by atoms with E-state index in [2.05, 4.69) is 10.3 Å². The topological polar surface area (TPSA) is 97.8 Å². The Kier molecular flexibility index (Phi) is 6.21. The Morgan fingerprint density at radius 3 is 2.71 bits per heavy atom. The van der Waals surface area contributed by atoms with Crippen LogP contribution in [0, 0.1) is 5.82 Å². The predicted molar refractivity (Wildman–Crippen MR) is 83.6 cm³/mol. The molecular weight excluding hydrogens is 339 g/mol. The van der Waals surface area contributed by atoms with Crippen LogP contribution in [-0.4, -0.2) is 41.7 Å². The number of aliphatic carboxylic acids is 1. The summed E-state index contributed by atoms with van der Waals surface area (Å²) in [6.07, 6.45) is -1.31. The van der Waals surface area contributed by atoms with Gasteiger partial charge in [-0.3, -0.25) is 4.79 Å². The van der Waals surface area contributed by atoms with Crippen molar-refractivity contribution in [1.82, 2.24) is 10.3 Å². The van der Waals surface area contributed by atoms with Crippen molar-refractivity contribution in [2.45, 2.75) is 12.7 Å². The lowest BCUT2D eigenvalue weighted by atomic mass is 10.3. The van der Waals surface area contributed by atoms with Crippen LogP contribution in [0.25, 0.3) is 0 Å². The molecule has 0 saturated heterocycles. The molecule has 24 heavy (non-hydrogen) atoms. The van der Waals surface area contributed by atoms with E-state index in [9.17, 15) is 14.0 Å². The Morgan fingerprint density at radius 1 is 1.38 bits per heavy atom. The molecule has 2 N–H and O–H groups in total. The van der Waals surface area contributed by atoms with Crippen molar-refractivity contribution in [3.05, 3.63) is 46.2 Å². The monoisotopic (exact) mass is 354 g/mol. The fraction of sp³-hybridized carbons (Fsp3) is 0.267. The molecule has 0 aliphatic carbocycles. The van der Waals surface area contributed by atoms with Gasteiger partial charge in [-0.15, -0.1) is 11.3 Å². The van der Waals surface area contributed by atoms with Crippen molar-refractivity contribution < 1.29 is 28.6 Å². The van der Waals surface area contributed by atoms with Gasteiger partial charge in [0.2, 0.25) is 6.10 Å². The van der Waals surface area contributed by atoms with E-state index in [1.807, 2.05) is 0 Å². The molecule has 0 aliphatic heterocycles. The molecule has 1 amide bonds. The number of carbonyl (C=O) groups is 2. The zero-order chi connectivity index (χ0) is 17.5. The second kappa shape index (κ2) is 8.37. The van der Waals surface area contributed by atoms with Crippen LogP contribution in [0.1, 0.15) is 15.5 Å². The molecule has 0 radical (unpaired) electrons. The van der Waals surface area contributed by atoms with Gasteiger partial charge in [0.1, 0.15) is 22.3 Å². The molecule has 0 spiro atoms. The SMILES string of the molecule is COCc1nc(C(=O)NCC(Oc2ccc(F)cc2)C(=O)O)cs1. The van der Waals surface area contributed by atoms with Crippen LogP contribution >= 0.6 is 11.3 Å². The Balaban J connectivity index is 1.93. The average Bonchev–Trinajstić information content (AvgIpc) is 3.02. The minimum atomic E-state index is -1.31. The molecule has 128 valence electrons. The highest BCUT2D eigenvalue weighted by atomic mass is 32.1. The molecule has 7 nitrogen and oxygen atoms in total. The normalized spacial score (nSPS) is 11.8. The summed E-state index contributed by atoms with van der Waals surface area (Å²) in [5, 5.41) is 13.8. The Hall–Kier alpha value is -2.52. The van der Waals surface area contributed by atoms with Crippen molar-refractivity contribution in [3.63, 3.8) is 0 Å². The van der Waals surface area contributed by atoms with Gasteiger partial charge in [0.25, 0.3) is 5.91 Å². The number of aromatic nitrogens is 1. The number of carboxylic acids is 1. The number of hydrogen-bond acceptors (Lipinski definition) is 6. The van der Waals surface area contributed by atoms with Crippen molar-refractivity contribution in [3.8, 4) is 5.75 Å². The number of halogens is 1. The molecule has 9 heteroatoms. The highest BCUT2D eigenvalue weighted by molar-refractivity contribution is 7.09. The van der Waals surface area contributed by atoms with Gasteiger partial charge in [0, 0.05) is 12.5 Å². The molecule has 0 fully saturated rings. The Bertz CT molecular complexity index is 704. The number of carbonyl (C=O) groups excluding carboxylic acids is 1. The minimum Gasteiger partial charge on any atom is -0.478 e. The summed E-state index contributed by atoms with van der Waals surface area (Å²) in [5.41, 5.74) is 0.179. The van der Waals surface area contributed by atoms with Crippen LogP contribution in [0.3, 0.4) is 0 Å². The zero-order valence-electron chi connectivity index (χ0n) is 12.7. The number of ether oxygens (including phenoxy) is 2. The highest BCUT2D eigenvalue weighted by Gasteiger charge is 2.21. The Labute approximate surface area is 141 Å². The average molecular weight is 354 g/mol. The van der Waals surface area contributed by atoms with E-state index < -0.39 is 23.8 Å². The molecule has 2 rings (SSSR count). The van der Waals surface area contributed by atoms with Gasteiger partial charge in [-0.05, 0) is 24.3 Å². The molecule has 1 aromatic carbocycles. The van der Waals surface area contributed by atoms with Crippen LogP contribution < -0.4 is 10.1 Å². The van der Waals surface area contributed by atoms with Gasteiger partial charge in [0.15, 0.2) is 0 Å². The van der Waals surface area contributed by atoms with Crippen LogP contribution in [0.4, 0.5) is 4.39 Å². The number of thiazole rings is 1. The highest BCUT2D eigenvalue weighted by Crippen LogP contribution is 2.14. The maximum absolute atomic E-state index is 12.8. The second-order valence-corrected chi connectivity index (χ2v) is 5.61. The van der Waals surface area contributed by atoms with E-state index in [1.54, 1.807) is 5.38 Å². The molecule has 0 bridgehead atoms. The number of amides is 1. The van der Waals surface area contributed by atoms with Crippen molar-refractivity contribution in [2.75, 3.05) is 13.7 Å². The van der Waals surface area contributed by atoms with E-state index in [0.29, 0.717) is 11.6 Å². The van der Waals surface area contributed by atoms with Gasteiger partial charge < -0.3 is 19.9 Å². The number of hydrogen-bond donors (Lipinski definition) is 2. The van der Waals surface area contributed by atoms with Gasteiger partial charge in [-0.1, -0.05) is 0 Å². The van der Waals surface area contributed by atoms with Crippen molar-refractivity contribution in [1.29, 1.82) is 0 Å². The molecule has 1 unspecified atom stereocenters. The second-order valence-electron chi connectivity index (χ2n) is 4.67. The van der Waals surface area contributed by atoms with E-state index in [1.165, 1.54) is 30.6 Å². The largest absolute Gasteiger partial charge is 0.478 e. The first-order valence-electron chi connectivity index (χ1n) is 6.86. The molecular formula is C15H15FN2O5S. The summed E-state index contributed by atoms with van der Waals surface area (Å²) in [6, 6.07) is 4.92. The zero-order valence-corrected chi connectivity index (χ0v) is 13.5. The number of benzene rings is 1. The van der Waals surface area contributed by atoms with Gasteiger partial charge in [-0.25, -0.2) is 14.2 Å². The van der Waals surface area contributed by atoms with Crippen LogP contribution in [0.5, 0.6) is 5.75 Å². The first kappa shape index (κ1) is 17.8.